The van der Waals surface area contributed by atoms with Crippen molar-refractivity contribution in [3.8, 4) is 112 Å². The molecule has 1 aliphatic heterocycles. The van der Waals surface area contributed by atoms with Crippen molar-refractivity contribution in [2.75, 3.05) is 6.79 Å². The van der Waals surface area contributed by atoms with Crippen LogP contribution < -0.4 is 9.47 Å². The van der Waals surface area contributed by atoms with Crippen molar-refractivity contribution in [1.82, 2.24) is 0 Å². The Balaban J connectivity index is 1.02. The van der Waals surface area contributed by atoms with Crippen molar-refractivity contribution in [2.24, 2.45) is 0 Å². The zero-order chi connectivity index (χ0) is 63.9. The molecule has 12 aromatic rings. The van der Waals surface area contributed by atoms with Crippen molar-refractivity contribution in [1.29, 1.82) is 0 Å². The molecule has 2 nitrogen and oxygen atoms in total. The van der Waals surface area contributed by atoms with E-state index in [9.17, 15) is 0 Å². The van der Waals surface area contributed by atoms with Crippen molar-refractivity contribution in [2.45, 2.75) is 110 Å². The minimum absolute atomic E-state index is 0.0325. The number of rotatable bonds is 10. The Morgan fingerprint density at radius 2 is 0.554 bits per heavy atom. The number of ether oxygens (including phenoxy) is 2. The van der Waals surface area contributed by atoms with Gasteiger partial charge in [-0.2, -0.15) is 0 Å². The quantitative estimate of drug-likeness (QED) is 0.136. The van der Waals surface area contributed by atoms with Crippen LogP contribution in [0.5, 0.6) is 11.5 Å². The maximum atomic E-state index is 6.46. The molecule has 1 aliphatic carbocycles. The lowest BCUT2D eigenvalue weighted by atomic mass is 9.66. The maximum Gasteiger partial charge on any atom is 0.231 e. The van der Waals surface area contributed by atoms with Crippen LogP contribution >= 0.6 is 0 Å². The van der Waals surface area contributed by atoms with Gasteiger partial charge in [-0.1, -0.05) is 283 Å². The van der Waals surface area contributed by atoms with Crippen LogP contribution in [0.1, 0.15) is 128 Å². The Morgan fingerprint density at radius 3 is 0.957 bits per heavy atom. The summed E-state index contributed by atoms with van der Waals surface area (Å²) in [5.74, 6) is 1.51. The van der Waals surface area contributed by atoms with Gasteiger partial charge >= 0.3 is 0 Å². The molecule has 0 unspecified atom stereocenters. The van der Waals surface area contributed by atoms with E-state index in [4.69, 9.17) is 9.47 Å². The van der Waals surface area contributed by atoms with E-state index >= 15 is 0 Å². The number of hydrogen-bond donors (Lipinski definition) is 0. The van der Waals surface area contributed by atoms with E-state index < -0.39 is 5.41 Å². The van der Waals surface area contributed by atoms with Gasteiger partial charge in [0.1, 0.15) is 0 Å². The summed E-state index contributed by atoms with van der Waals surface area (Å²) in [6.45, 7) is 27.6. The molecule has 0 aromatic heterocycles. The zero-order valence-electron chi connectivity index (χ0n) is 55.4. The Labute approximate surface area is 546 Å². The molecule has 0 fully saturated rings. The molecule has 0 atom stereocenters. The average molecular weight is 1200 g/mol. The number of fused-ring (bicyclic) bond motifs is 4. The molecule has 0 bridgehead atoms. The lowest BCUT2D eigenvalue weighted by Crippen LogP contribution is -2.28. The third-order valence-electron chi connectivity index (χ3n) is 19.4. The lowest BCUT2D eigenvalue weighted by Gasteiger charge is -2.35. The van der Waals surface area contributed by atoms with Crippen LogP contribution in [0.2, 0.25) is 0 Å². The van der Waals surface area contributed by atoms with Gasteiger partial charge in [0.05, 0.1) is 5.41 Å². The summed E-state index contributed by atoms with van der Waals surface area (Å²) in [6, 6.07) is 101. The number of hydrogen-bond acceptors (Lipinski definition) is 2. The molecule has 0 saturated heterocycles. The second-order valence-corrected chi connectivity index (χ2v) is 29.7. The van der Waals surface area contributed by atoms with E-state index in [2.05, 4.69) is 350 Å². The van der Waals surface area contributed by atoms with Crippen molar-refractivity contribution in [3.63, 3.8) is 0 Å². The fourth-order valence-electron chi connectivity index (χ4n) is 14.1. The molecule has 0 saturated carbocycles. The van der Waals surface area contributed by atoms with Gasteiger partial charge < -0.3 is 9.47 Å². The molecule has 12 aromatic carbocycles. The van der Waals surface area contributed by atoms with E-state index in [1.165, 1.54) is 89.0 Å². The van der Waals surface area contributed by atoms with Gasteiger partial charge in [0.25, 0.3) is 0 Å². The lowest BCUT2D eigenvalue weighted by molar-refractivity contribution is 0.174. The molecular formula is C90H82O2. The average Bonchev–Trinajstić information content (AvgIpc) is 1.51. The molecule has 0 spiro atoms. The fourth-order valence-corrected chi connectivity index (χ4v) is 14.1. The first kappa shape index (κ1) is 59.8. The summed E-state index contributed by atoms with van der Waals surface area (Å²) >= 11 is 0. The number of benzene rings is 12. The predicted molar refractivity (Wildman–Crippen MR) is 388 cm³/mol. The van der Waals surface area contributed by atoms with Gasteiger partial charge in [0.2, 0.25) is 6.79 Å². The molecule has 2 heteroatoms. The molecule has 14 rings (SSSR count). The highest BCUT2D eigenvalue weighted by Crippen LogP contribution is 2.61. The summed E-state index contributed by atoms with van der Waals surface area (Å²) in [4.78, 5) is 0. The van der Waals surface area contributed by atoms with Gasteiger partial charge in [-0.25, -0.2) is 0 Å². The molecule has 0 radical (unpaired) electrons. The van der Waals surface area contributed by atoms with E-state index in [1.807, 2.05) is 0 Å². The second-order valence-electron chi connectivity index (χ2n) is 29.7. The highest BCUT2D eigenvalue weighted by molar-refractivity contribution is 5.98. The Hall–Kier alpha value is -9.76. The molecule has 0 N–H and O–H groups in total. The first-order valence-electron chi connectivity index (χ1n) is 32.8. The summed E-state index contributed by atoms with van der Waals surface area (Å²) in [7, 11) is 0. The minimum atomic E-state index is -0.858. The summed E-state index contributed by atoms with van der Waals surface area (Å²) in [5, 5.41) is 0. The fraction of sp³-hybridized carbons (Fsp3) is 0.200. The molecule has 1 heterocycles. The standard InChI is InChI=1S/C90H82O2/c1-86(2,3)73-38-30-59(31-39-73)67-47-68(60-32-40-74(41-33-60)87(4,5)6)50-71(49-67)64-23-17-26-77(53-64)90(81-29-19-28-79(66-25-16-22-63(46-66)58-20-14-13-15-21-58)85(81)80-55-83-84(56-82(80)90)92-57-91-83)78-27-18-24-65(54-78)72-51-69(61-34-42-75(43-35-61)88(7,8)9)48-70(52-72)62-36-44-76(45-37-62)89(10,11)12/h13-56H,57H2,1-12H3. The molecule has 0 amide bonds. The smallest absolute Gasteiger partial charge is 0.231 e. The van der Waals surface area contributed by atoms with E-state index in [0.717, 1.165) is 67.1 Å². The van der Waals surface area contributed by atoms with Gasteiger partial charge in [-0.05, 0) is 233 Å². The van der Waals surface area contributed by atoms with Gasteiger partial charge in [-0.15, -0.1) is 0 Å². The SMILES string of the molecule is CC(C)(C)c1ccc(-c2cc(-c3ccc(C(C)(C)C)cc3)cc(-c3cccc(C4(c5cccc(-c6cc(-c7ccc(C(C)(C)C)cc7)cc(-c7ccc(C(C)(C)C)cc7)c6)c5)c5cc6c(cc5-c5c(-c7cccc(-c8ccccc8)c7)cccc54)OCO6)c3)c2)cc1. The Morgan fingerprint density at radius 1 is 0.239 bits per heavy atom. The zero-order valence-corrected chi connectivity index (χ0v) is 55.4. The normalized spacial score (nSPS) is 13.4. The Bertz CT molecular complexity index is 4390. The van der Waals surface area contributed by atoms with Crippen LogP contribution in [0.25, 0.3) is 100 Å². The van der Waals surface area contributed by atoms with Crippen molar-refractivity contribution in [3.05, 3.63) is 311 Å². The summed E-state index contributed by atoms with van der Waals surface area (Å²) in [6.07, 6.45) is 0. The van der Waals surface area contributed by atoms with Crippen molar-refractivity contribution < 1.29 is 9.47 Å². The van der Waals surface area contributed by atoms with Crippen molar-refractivity contribution >= 4 is 0 Å². The first-order valence-corrected chi connectivity index (χ1v) is 32.8. The largest absolute Gasteiger partial charge is 0.454 e. The van der Waals surface area contributed by atoms with Crippen LogP contribution in [0.3, 0.4) is 0 Å². The molecule has 2 aliphatic rings. The maximum absolute atomic E-state index is 6.46. The predicted octanol–water partition coefficient (Wildman–Crippen LogP) is 24.3. The molecular weight excluding hydrogens is 1110 g/mol. The van der Waals surface area contributed by atoms with E-state index in [-0.39, 0.29) is 28.5 Å². The van der Waals surface area contributed by atoms with Gasteiger partial charge in [-0.3, -0.25) is 0 Å². The topological polar surface area (TPSA) is 18.5 Å². The van der Waals surface area contributed by atoms with Gasteiger partial charge in [0, 0.05) is 0 Å². The van der Waals surface area contributed by atoms with E-state index in [1.54, 1.807) is 0 Å². The van der Waals surface area contributed by atoms with Crippen LogP contribution in [0.15, 0.2) is 267 Å². The summed E-state index contributed by atoms with van der Waals surface area (Å²) in [5.41, 5.74) is 30.2. The monoisotopic (exact) mass is 1190 g/mol. The molecule has 454 valence electrons. The third kappa shape index (κ3) is 11.2. The molecule has 92 heavy (non-hydrogen) atoms. The highest BCUT2D eigenvalue weighted by Gasteiger charge is 2.48. The third-order valence-corrected chi connectivity index (χ3v) is 19.4. The van der Waals surface area contributed by atoms with Crippen LogP contribution in [-0.4, -0.2) is 6.79 Å². The summed E-state index contributed by atoms with van der Waals surface area (Å²) < 4.78 is 12.8. The van der Waals surface area contributed by atoms with Gasteiger partial charge in [0.15, 0.2) is 11.5 Å². The van der Waals surface area contributed by atoms with Crippen LogP contribution in [-0.2, 0) is 27.1 Å². The first-order chi connectivity index (χ1) is 44.1. The second kappa shape index (κ2) is 22.9. The highest BCUT2D eigenvalue weighted by atomic mass is 16.7. The minimum Gasteiger partial charge on any atom is -0.454 e. The van der Waals surface area contributed by atoms with E-state index in [0.29, 0.717) is 0 Å². The van der Waals surface area contributed by atoms with Crippen LogP contribution in [0.4, 0.5) is 0 Å². The van der Waals surface area contributed by atoms with Crippen LogP contribution in [0, 0.1) is 0 Å². The Kier molecular flexibility index (Phi) is 14.9.